The third-order valence-electron chi connectivity index (χ3n) is 13.6. The van der Waals surface area contributed by atoms with Crippen LogP contribution in [0.3, 0.4) is 0 Å². The van der Waals surface area contributed by atoms with Crippen molar-refractivity contribution in [1.82, 2.24) is 14.1 Å². The van der Waals surface area contributed by atoms with E-state index in [1.165, 1.54) is 27.8 Å². The van der Waals surface area contributed by atoms with Crippen molar-refractivity contribution in [3.8, 4) is 62.1 Å². The average Bonchev–Trinajstić information content (AvgIpc) is 3.92. The number of hydrogen-bond donors (Lipinski definition) is 0. The van der Waals surface area contributed by atoms with Gasteiger partial charge in [-0.15, -0.1) is 29.7 Å². The van der Waals surface area contributed by atoms with E-state index in [0.29, 0.717) is 17.4 Å². The zero-order chi connectivity index (χ0) is 49.0. The Morgan fingerprint density at radius 2 is 1.15 bits per heavy atom. The molecular weight excluding hydrogens is 1060 g/mol. The van der Waals surface area contributed by atoms with Crippen LogP contribution in [0.25, 0.3) is 83.4 Å². The van der Waals surface area contributed by atoms with Gasteiger partial charge >= 0.3 is 0 Å². The molecule has 0 saturated heterocycles. The van der Waals surface area contributed by atoms with E-state index in [1.807, 2.05) is 24.4 Å². The minimum absolute atomic E-state index is 0. The van der Waals surface area contributed by atoms with Gasteiger partial charge in [0.15, 0.2) is 0 Å². The van der Waals surface area contributed by atoms with Gasteiger partial charge in [0.05, 0.1) is 16.7 Å². The summed E-state index contributed by atoms with van der Waals surface area (Å²) in [5, 5.41) is 2.22. The van der Waals surface area contributed by atoms with Crippen molar-refractivity contribution in [1.29, 1.82) is 0 Å². The van der Waals surface area contributed by atoms with Crippen LogP contribution in [0, 0.1) is 24.4 Å². The monoisotopic (exact) mass is 1120 g/mol. The number of fused-ring (bicyclic) bond motifs is 4. The van der Waals surface area contributed by atoms with Gasteiger partial charge in [-0.05, 0) is 90.9 Å². The van der Waals surface area contributed by atoms with Crippen molar-refractivity contribution in [2.45, 2.75) is 72.6 Å². The normalized spacial score (nSPS) is 12.0. The zero-order valence-electron chi connectivity index (χ0n) is 42.2. The summed E-state index contributed by atoms with van der Waals surface area (Å²) in [7, 11) is 0. The molecule has 3 aromatic heterocycles. The summed E-state index contributed by atoms with van der Waals surface area (Å²) < 4.78 is 13.3. The molecular formula is C66H58N4OPt-2. The van der Waals surface area contributed by atoms with Crippen LogP contribution in [0.5, 0.6) is 11.5 Å². The summed E-state index contributed by atoms with van der Waals surface area (Å²) in [6.45, 7) is 18.3. The van der Waals surface area contributed by atoms with E-state index < -0.39 is 0 Å². The van der Waals surface area contributed by atoms with Crippen LogP contribution in [0.2, 0.25) is 0 Å². The Kier molecular flexibility index (Phi) is 13.0. The molecule has 0 aliphatic carbocycles. The fraction of sp³-hybridized carbons (Fsp3) is 0.182. The number of para-hydroxylation sites is 4. The predicted octanol–water partition coefficient (Wildman–Crippen LogP) is 16.4. The molecule has 11 aromatic rings. The van der Waals surface area contributed by atoms with Gasteiger partial charge in [-0.3, -0.25) is 4.57 Å². The molecule has 0 amide bonds. The number of benzene rings is 8. The van der Waals surface area contributed by atoms with Crippen LogP contribution in [0.15, 0.2) is 188 Å². The van der Waals surface area contributed by atoms with Crippen LogP contribution in [0.1, 0.15) is 72.1 Å². The number of ether oxygens (including phenoxy) is 1. The molecule has 0 unspecified atom stereocenters. The number of nitrogens with zero attached hydrogens (tertiary/aromatic N) is 4. The van der Waals surface area contributed by atoms with Crippen LogP contribution in [-0.2, 0) is 38.3 Å². The van der Waals surface area contributed by atoms with Gasteiger partial charge < -0.3 is 13.9 Å². The van der Waals surface area contributed by atoms with Crippen LogP contribution >= 0.6 is 0 Å². The first kappa shape index (κ1) is 48.3. The fourth-order valence-corrected chi connectivity index (χ4v) is 9.93. The van der Waals surface area contributed by atoms with Crippen LogP contribution < -0.4 is 9.30 Å². The number of imidazole rings is 1. The quantitative estimate of drug-likeness (QED) is 0.101. The molecule has 8 aromatic carbocycles. The van der Waals surface area contributed by atoms with Crippen LogP contribution in [0.4, 0.5) is 0 Å². The average molecular weight is 1120 g/mol. The molecule has 5 nitrogen and oxygen atoms in total. The Balaban J connectivity index is 0.00000596. The molecule has 0 bridgehead atoms. The Morgan fingerprint density at radius 1 is 0.556 bits per heavy atom. The molecule has 6 heteroatoms. The summed E-state index contributed by atoms with van der Waals surface area (Å²) in [4.78, 5) is 5.13. The molecule has 0 spiro atoms. The summed E-state index contributed by atoms with van der Waals surface area (Å²) in [6.07, 6.45) is 6.81. The third-order valence-corrected chi connectivity index (χ3v) is 13.6. The summed E-state index contributed by atoms with van der Waals surface area (Å²) in [5.41, 5.74) is 16.5. The summed E-state index contributed by atoms with van der Waals surface area (Å²) in [5.74, 6) is 2.48. The van der Waals surface area contributed by atoms with E-state index in [0.717, 1.165) is 78.7 Å². The Morgan fingerprint density at radius 3 is 1.83 bits per heavy atom. The number of pyridine rings is 1. The summed E-state index contributed by atoms with van der Waals surface area (Å²) >= 11 is 0. The van der Waals surface area contributed by atoms with Crippen molar-refractivity contribution in [2.24, 2.45) is 5.92 Å². The van der Waals surface area contributed by atoms with Gasteiger partial charge in [0.25, 0.3) is 6.33 Å². The number of rotatable bonds is 10. The first-order valence-electron chi connectivity index (χ1n) is 24.8. The SMILES string of the molecule is CC(C)Cc1cc(-n2c3[c-]c(Oc4[c-]c(-n5[c-][n+](-c6c(-c7ccccc7)cccc6-c6cc(C(C)(C)C)cc(C(C)(C)C)c6)c6ccccc65)ccc4)ccc3c3ccccc32)ncc1-c1ccccc1.[Pt]. The maximum absolute atomic E-state index is 6.74. The third kappa shape index (κ3) is 9.23. The molecule has 0 radical (unpaired) electrons. The van der Waals surface area contributed by atoms with E-state index in [-0.39, 0.29) is 31.9 Å². The number of hydrogen-bond acceptors (Lipinski definition) is 2. The Hall–Kier alpha value is -7.33. The zero-order valence-corrected chi connectivity index (χ0v) is 44.5. The molecule has 0 atom stereocenters. The van der Waals surface area contributed by atoms with Crippen LogP contribution in [-0.4, -0.2) is 14.1 Å². The van der Waals surface area contributed by atoms with Crippen molar-refractivity contribution < 1.29 is 30.4 Å². The van der Waals surface area contributed by atoms with Gasteiger partial charge in [-0.2, -0.15) is 18.2 Å². The first-order chi connectivity index (χ1) is 34.3. The van der Waals surface area contributed by atoms with Gasteiger partial charge in [0.2, 0.25) is 0 Å². The predicted molar refractivity (Wildman–Crippen MR) is 292 cm³/mol. The molecule has 0 N–H and O–H groups in total. The van der Waals surface area contributed by atoms with Crippen molar-refractivity contribution in [3.63, 3.8) is 0 Å². The maximum atomic E-state index is 6.74. The second kappa shape index (κ2) is 19.4. The Labute approximate surface area is 438 Å². The van der Waals surface area contributed by atoms with Crippen molar-refractivity contribution in [2.75, 3.05) is 0 Å². The molecule has 0 aliphatic rings. The Bertz CT molecular complexity index is 3730. The first-order valence-corrected chi connectivity index (χ1v) is 24.8. The minimum atomic E-state index is -0.0447. The van der Waals surface area contributed by atoms with E-state index in [1.54, 1.807) is 0 Å². The van der Waals surface area contributed by atoms with E-state index in [4.69, 9.17) is 9.72 Å². The van der Waals surface area contributed by atoms with Gasteiger partial charge in [-0.1, -0.05) is 200 Å². The van der Waals surface area contributed by atoms with Crippen molar-refractivity contribution >= 4 is 32.8 Å². The molecule has 0 aliphatic heterocycles. The molecule has 11 rings (SSSR count). The largest absolute Gasteiger partial charge is 0.510 e. The standard InChI is InChI=1S/C66H58N4O.Pt/c1-44(2)35-47-38-63(67-42-58(47)46-23-13-10-14-24-46)70-59-30-16-15-27-56(59)57-34-33-53(41-62(57)70)71-52-26-19-25-51(40-52)68-43-69(61-32-18-17-31-60(61)68)64-54(45-21-11-9-12-22-45)28-20-29-55(64)48-36-49(65(3,4)5)39-50(37-48)66(6,7)8;/h9-34,36-39,42,44H,35H2,1-8H3;/q-2;. The number of aromatic nitrogens is 4. The summed E-state index contributed by atoms with van der Waals surface area (Å²) in [6, 6.07) is 71.9. The second-order valence-corrected chi connectivity index (χ2v) is 21.2. The second-order valence-electron chi connectivity index (χ2n) is 21.2. The van der Waals surface area contributed by atoms with Gasteiger partial charge in [0, 0.05) is 49.8 Å². The molecule has 3 heterocycles. The topological polar surface area (TPSA) is 35.9 Å². The fourth-order valence-electron chi connectivity index (χ4n) is 9.93. The van der Waals surface area contributed by atoms with Crippen molar-refractivity contribution in [3.05, 3.63) is 223 Å². The minimum Gasteiger partial charge on any atom is -0.510 e. The van der Waals surface area contributed by atoms with E-state index in [9.17, 15) is 0 Å². The molecule has 360 valence electrons. The maximum Gasteiger partial charge on any atom is 0.268 e. The van der Waals surface area contributed by atoms with E-state index >= 15 is 0 Å². The molecule has 0 fully saturated rings. The smallest absolute Gasteiger partial charge is 0.268 e. The molecule has 72 heavy (non-hydrogen) atoms. The van der Waals surface area contributed by atoms with E-state index in [2.05, 4.69) is 251 Å². The van der Waals surface area contributed by atoms with Gasteiger partial charge in [-0.25, -0.2) is 4.98 Å². The van der Waals surface area contributed by atoms with Gasteiger partial charge in [0.1, 0.15) is 5.82 Å². The molecule has 0 saturated carbocycles.